The lowest BCUT2D eigenvalue weighted by molar-refractivity contribution is -0.387. The Labute approximate surface area is 260 Å². The average Bonchev–Trinajstić information content (AvgIpc) is 3.31. The van der Waals surface area contributed by atoms with Gasteiger partial charge in [-0.15, -0.1) is 11.3 Å². The maximum atomic E-state index is 14.2. The Morgan fingerprint density at radius 3 is 2.43 bits per heavy atom. The van der Waals surface area contributed by atoms with Gasteiger partial charge in [0.1, 0.15) is 11.4 Å². The molecule has 3 aromatic rings. The number of esters is 2. The van der Waals surface area contributed by atoms with Gasteiger partial charge in [0, 0.05) is 22.5 Å². The summed E-state index contributed by atoms with van der Waals surface area (Å²) in [5, 5.41) is 15.0. The number of hydrogen-bond acceptors (Lipinski definition) is 11. The Balaban J connectivity index is 1.80. The second-order valence-electron chi connectivity index (χ2n) is 11.1. The van der Waals surface area contributed by atoms with Crippen LogP contribution in [-0.4, -0.2) is 63.7 Å². The first-order chi connectivity index (χ1) is 20.7. The summed E-state index contributed by atoms with van der Waals surface area (Å²) in [6, 6.07) is 11.6. The van der Waals surface area contributed by atoms with Crippen molar-refractivity contribution in [1.29, 1.82) is 0 Å². The Kier molecular flexibility index (Phi) is 9.96. The molecule has 1 aliphatic rings. The van der Waals surface area contributed by atoms with E-state index in [1.54, 1.807) is 52.0 Å². The zero-order chi connectivity index (χ0) is 32.2. The van der Waals surface area contributed by atoms with E-state index in [4.69, 9.17) is 14.2 Å². The Hall–Kier alpha value is -4.01. The van der Waals surface area contributed by atoms with Gasteiger partial charge in [0.15, 0.2) is 16.4 Å². The highest BCUT2D eigenvalue weighted by molar-refractivity contribution is 7.93. The molecule has 0 unspecified atom stereocenters. The number of carbonyl (C=O) groups excluding carboxylic acids is 2. The van der Waals surface area contributed by atoms with Crippen LogP contribution in [0.2, 0.25) is 0 Å². The van der Waals surface area contributed by atoms with Crippen LogP contribution in [0.3, 0.4) is 0 Å². The van der Waals surface area contributed by atoms with E-state index in [1.165, 1.54) is 35.7 Å². The molecule has 0 amide bonds. The van der Waals surface area contributed by atoms with Crippen molar-refractivity contribution in [1.82, 2.24) is 5.32 Å². The zero-order valence-electron chi connectivity index (χ0n) is 25.1. The number of para-hydroxylation sites is 1. The van der Waals surface area contributed by atoms with Crippen molar-refractivity contribution in [2.45, 2.75) is 57.1 Å². The molecule has 0 spiro atoms. The monoisotopic (exact) mass is 645 g/mol. The molecule has 236 valence electrons. The fourth-order valence-electron chi connectivity index (χ4n) is 4.98. The Bertz CT molecular complexity index is 1660. The minimum absolute atomic E-state index is 0.136. The number of ether oxygens (including phenoxy) is 3. The molecule has 1 aliphatic heterocycles. The van der Waals surface area contributed by atoms with Gasteiger partial charge in [0.05, 0.1) is 17.7 Å². The number of nitro benzene ring substituents is 1. The van der Waals surface area contributed by atoms with Crippen LogP contribution in [0.4, 0.5) is 11.4 Å². The van der Waals surface area contributed by atoms with Crippen LogP contribution >= 0.6 is 11.3 Å². The van der Waals surface area contributed by atoms with E-state index >= 15 is 0 Å². The van der Waals surface area contributed by atoms with Crippen LogP contribution < -0.4 is 14.4 Å². The summed E-state index contributed by atoms with van der Waals surface area (Å²) >= 11 is 1.08. The van der Waals surface area contributed by atoms with Gasteiger partial charge in [0.25, 0.3) is 15.7 Å². The lowest BCUT2D eigenvalue weighted by Crippen LogP contribution is -2.46. The molecule has 0 saturated carbocycles. The predicted octanol–water partition coefficient (Wildman–Crippen LogP) is 5.09. The molecule has 12 nitrogen and oxygen atoms in total. The molecule has 14 heteroatoms. The minimum atomic E-state index is -4.37. The summed E-state index contributed by atoms with van der Waals surface area (Å²) in [5.74, 6) is -1.11. The Morgan fingerprint density at radius 2 is 1.80 bits per heavy atom. The van der Waals surface area contributed by atoms with E-state index in [9.17, 15) is 28.1 Å². The summed E-state index contributed by atoms with van der Waals surface area (Å²) in [6.07, 6.45) is 0.995. The maximum Gasteiger partial charge on any atom is 0.351 e. The fraction of sp³-hybridized carbons (Fsp3) is 0.400. The standard InChI is InChI=1S/C30H35N3O9S2/c1-19-26(41-18-25(34)42-30(2,3)4)28(29(35)40-5)43-27(19)20-9-8-10-22(17-20)32(21-13-15-31-16-14-21)44(38,39)24-12-7-6-11-23(24)33(36)37/h6-12,17,21,31H,13-16,18H2,1-5H3. The summed E-state index contributed by atoms with van der Waals surface area (Å²) in [7, 11) is -3.14. The molecule has 44 heavy (non-hydrogen) atoms. The van der Waals surface area contributed by atoms with Gasteiger partial charge in [0.2, 0.25) is 0 Å². The van der Waals surface area contributed by atoms with Gasteiger partial charge in [-0.25, -0.2) is 18.0 Å². The van der Waals surface area contributed by atoms with Gasteiger partial charge < -0.3 is 19.5 Å². The van der Waals surface area contributed by atoms with E-state index in [0.717, 1.165) is 11.3 Å². The van der Waals surface area contributed by atoms with Crippen molar-refractivity contribution >= 4 is 44.7 Å². The third kappa shape index (κ3) is 7.20. The number of piperidine rings is 1. The van der Waals surface area contributed by atoms with Crippen LogP contribution in [-0.2, 0) is 24.3 Å². The predicted molar refractivity (Wildman–Crippen MR) is 166 cm³/mol. The molecule has 1 fully saturated rings. The average molecular weight is 646 g/mol. The highest BCUT2D eigenvalue weighted by atomic mass is 32.2. The largest absolute Gasteiger partial charge is 0.480 e. The quantitative estimate of drug-likeness (QED) is 0.179. The van der Waals surface area contributed by atoms with Gasteiger partial charge >= 0.3 is 11.9 Å². The number of carbonyl (C=O) groups is 2. The van der Waals surface area contributed by atoms with Gasteiger partial charge in [-0.1, -0.05) is 24.3 Å². The van der Waals surface area contributed by atoms with E-state index in [2.05, 4.69) is 5.32 Å². The number of nitrogens with zero attached hydrogens (tertiary/aromatic N) is 2. The number of methoxy groups -OCH3 is 1. The first kappa shape index (κ1) is 32.9. The minimum Gasteiger partial charge on any atom is -0.480 e. The molecule has 0 radical (unpaired) electrons. The van der Waals surface area contributed by atoms with Crippen LogP contribution in [0, 0.1) is 17.0 Å². The number of benzene rings is 2. The van der Waals surface area contributed by atoms with Crippen LogP contribution in [0.1, 0.15) is 48.8 Å². The second-order valence-corrected chi connectivity index (χ2v) is 13.9. The Morgan fingerprint density at radius 1 is 1.11 bits per heavy atom. The third-order valence-corrected chi connectivity index (χ3v) is 10.0. The maximum absolute atomic E-state index is 14.2. The molecule has 0 bridgehead atoms. The first-order valence-electron chi connectivity index (χ1n) is 13.9. The molecule has 1 saturated heterocycles. The molecular formula is C30H35N3O9S2. The van der Waals surface area contributed by atoms with E-state index < -0.39 is 55.7 Å². The lowest BCUT2D eigenvalue weighted by Gasteiger charge is -2.35. The SMILES string of the molecule is COC(=O)c1sc(-c2cccc(N(C3CCNCC3)S(=O)(=O)c3ccccc3[N+](=O)[O-])c2)c(C)c1OCC(=O)OC(C)(C)C. The summed E-state index contributed by atoms with van der Waals surface area (Å²) in [6.45, 7) is 7.65. The van der Waals surface area contributed by atoms with Gasteiger partial charge in [-0.3, -0.25) is 14.4 Å². The van der Waals surface area contributed by atoms with E-state index in [1.807, 2.05) is 0 Å². The third-order valence-electron chi connectivity index (χ3n) is 6.82. The number of rotatable bonds is 10. The molecule has 2 aromatic carbocycles. The molecule has 1 aromatic heterocycles. The number of sulfonamides is 1. The molecule has 2 heterocycles. The van der Waals surface area contributed by atoms with Crippen LogP contribution in [0.15, 0.2) is 53.4 Å². The highest BCUT2D eigenvalue weighted by Crippen LogP contribution is 2.43. The number of hydrogen-bond donors (Lipinski definition) is 1. The van der Waals surface area contributed by atoms with E-state index in [0.29, 0.717) is 47.6 Å². The number of nitro groups is 1. The zero-order valence-corrected chi connectivity index (χ0v) is 26.7. The second kappa shape index (κ2) is 13.3. The molecular weight excluding hydrogens is 610 g/mol. The fourth-order valence-corrected chi connectivity index (χ4v) is 8.01. The topological polar surface area (TPSA) is 154 Å². The summed E-state index contributed by atoms with van der Waals surface area (Å²) in [5.41, 5.74) is 0.217. The van der Waals surface area contributed by atoms with Gasteiger partial charge in [-0.05, 0) is 77.4 Å². The van der Waals surface area contributed by atoms with Crippen molar-refractivity contribution in [2.24, 2.45) is 0 Å². The molecule has 0 atom stereocenters. The normalized spacial score (nSPS) is 14.1. The van der Waals surface area contributed by atoms with Crippen molar-refractivity contribution in [3.05, 3.63) is 69.1 Å². The molecule has 1 N–H and O–H groups in total. The highest BCUT2D eigenvalue weighted by Gasteiger charge is 2.37. The van der Waals surface area contributed by atoms with Crippen LogP contribution in [0.25, 0.3) is 10.4 Å². The van der Waals surface area contributed by atoms with Crippen molar-refractivity contribution in [2.75, 3.05) is 31.1 Å². The van der Waals surface area contributed by atoms with E-state index in [-0.39, 0.29) is 10.6 Å². The molecule has 4 rings (SSSR count). The summed E-state index contributed by atoms with van der Waals surface area (Å²) in [4.78, 5) is 36.5. The molecule has 0 aliphatic carbocycles. The van der Waals surface area contributed by atoms with Crippen LogP contribution in [0.5, 0.6) is 5.75 Å². The number of thiophene rings is 1. The van der Waals surface area contributed by atoms with Crippen molar-refractivity contribution in [3.8, 4) is 16.2 Å². The number of nitrogens with one attached hydrogen (secondary N) is 1. The van der Waals surface area contributed by atoms with Gasteiger partial charge in [-0.2, -0.15) is 0 Å². The smallest absolute Gasteiger partial charge is 0.351 e. The lowest BCUT2D eigenvalue weighted by atomic mass is 10.0. The van der Waals surface area contributed by atoms with Crippen molar-refractivity contribution < 1.29 is 37.1 Å². The number of anilines is 1. The van der Waals surface area contributed by atoms with Crippen molar-refractivity contribution in [3.63, 3.8) is 0 Å². The summed E-state index contributed by atoms with van der Waals surface area (Å²) < 4.78 is 45.7. The first-order valence-corrected chi connectivity index (χ1v) is 16.2.